The molecule has 110 valence electrons. The summed E-state index contributed by atoms with van der Waals surface area (Å²) in [6, 6.07) is 9.13. The minimum Gasteiger partial charge on any atom is -0.320 e. The molecular formula is C15H18N4OS. The van der Waals surface area contributed by atoms with E-state index in [0.29, 0.717) is 6.42 Å². The first-order chi connectivity index (χ1) is 10.2. The largest absolute Gasteiger partial charge is 0.320 e. The molecule has 1 heterocycles. The van der Waals surface area contributed by atoms with Crippen LogP contribution in [0.25, 0.3) is 10.9 Å². The zero-order valence-electron chi connectivity index (χ0n) is 11.8. The molecule has 1 aromatic carbocycles. The number of amides is 1. The van der Waals surface area contributed by atoms with E-state index < -0.39 is 6.04 Å². The SMILES string of the molecule is CSCC[C@H](N)C(=O)NN=Cc1ccc2ncccc2c1. The van der Waals surface area contributed by atoms with E-state index in [1.807, 2.05) is 36.6 Å². The van der Waals surface area contributed by atoms with E-state index in [1.165, 1.54) is 0 Å². The summed E-state index contributed by atoms with van der Waals surface area (Å²) in [6.07, 6.45) is 5.99. The number of thioether (sulfide) groups is 1. The Morgan fingerprint density at radius 2 is 2.38 bits per heavy atom. The molecular weight excluding hydrogens is 284 g/mol. The number of carbonyl (C=O) groups excluding carboxylic acids is 1. The van der Waals surface area contributed by atoms with Crippen molar-refractivity contribution in [1.82, 2.24) is 10.4 Å². The van der Waals surface area contributed by atoms with E-state index in [1.54, 1.807) is 24.2 Å². The lowest BCUT2D eigenvalue weighted by Crippen LogP contribution is -2.38. The number of benzene rings is 1. The number of pyridine rings is 1. The van der Waals surface area contributed by atoms with E-state index in [-0.39, 0.29) is 5.91 Å². The number of fused-ring (bicyclic) bond motifs is 1. The van der Waals surface area contributed by atoms with Crippen LogP contribution in [0, 0.1) is 0 Å². The van der Waals surface area contributed by atoms with Crippen molar-refractivity contribution in [2.75, 3.05) is 12.0 Å². The van der Waals surface area contributed by atoms with Gasteiger partial charge in [-0.2, -0.15) is 16.9 Å². The predicted molar refractivity (Wildman–Crippen MR) is 88.5 cm³/mol. The summed E-state index contributed by atoms with van der Waals surface area (Å²) in [7, 11) is 0. The van der Waals surface area contributed by atoms with Crippen molar-refractivity contribution >= 4 is 34.8 Å². The zero-order chi connectivity index (χ0) is 15.1. The standard InChI is InChI=1S/C15H18N4OS/c1-21-8-6-13(16)15(20)19-18-10-11-4-5-14-12(9-11)3-2-7-17-14/h2-5,7,9-10,13H,6,8,16H2,1H3,(H,19,20)/t13-/m0/s1. The number of nitrogens with one attached hydrogen (secondary N) is 1. The van der Waals surface area contributed by atoms with Crippen molar-refractivity contribution in [3.8, 4) is 0 Å². The van der Waals surface area contributed by atoms with E-state index >= 15 is 0 Å². The second-order valence-corrected chi connectivity index (χ2v) is 5.56. The summed E-state index contributed by atoms with van der Waals surface area (Å²) in [6.45, 7) is 0. The molecule has 2 aromatic rings. The van der Waals surface area contributed by atoms with Crippen LogP contribution < -0.4 is 11.2 Å². The van der Waals surface area contributed by atoms with Crippen LogP contribution >= 0.6 is 11.8 Å². The highest BCUT2D eigenvalue weighted by molar-refractivity contribution is 7.98. The van der Waals surface area contributed by atoms with Gasteiger partial charge in [-0.1, -0.05) is 12.1 Å². The molecule has 0 aliphatic carbocycles. The van der Waals surface area contributed by atoms with Crippen molar-refractivity contribution in [3.05, 3.63) is 42.1 Å². The predicted octanol–water partition coefficient (Wildman–Crippen LogP) is 1.77. The molecule has 1 atom stereocenters. The third-order valence-electron chi connectivity index (χ3n) is 2.99. The van der Waals surface area contributed by atoms with Crippen LogP contribution in [0.4, 0.5) is 0 Å². The summed E-state index contributed by atoms with van der Waals surface area (Å²) >= 11 is 1.66. The highest BCUT2D eigenvalue weighted by Crippen LogP contribution is 2.11. The van der Waals surface area contributed by atoms with Crippen molar-refractivity contribution in [2.45, 2.75) is 12.5 Å². The third-order valence-corrected chi connectivity index (χ3v) is 3.63. The molecule has 0 bridgehead atoms. The first-order valence-corrected chi connectivity index (χ1v) is 8.02. The topological polar surface area (TPSA) is 80.4 Å². The summed E-state index contributed by atoms with van der Waals surface area (Å²) in [5, 5.41) is 4.98. The first kappa shape index (κ1) is 15.5. The fourth-order valence-corrected chi connectivity index (χ4v) is 2.29. The van der Waals surface area contributed by atoms with E-state index in [9.17, 15) is 4.79 Å². The summed E-state index contributed by atoms with van der Waals surface area (Å²) in [5.74, 6) is 0.596. The molecule has 0 saturated heterocycles. The van der Waals surface area contributed by atoms with Gasteiger partial charge in [-0.25, -0.2) is 5.43 Å². The van der Waals surface area contributed by atoms with Crippen LogP contribution in [0.5, 0.6) is 0 Å². The first-order valence-electron chi connectivity index (χ1n) is 6.63. The Hall–Kier alpha value is -1.92. The van der Waals surface area contributed by atoms with Gasteiger partial charge in [0.1, 0.15) is 0 Å². The van der Waals surface area contributed by atoms with E-state index in [4.69, 9.17) is 5.73 Å². The van der Waals surface area contributed by atoms with Gasteiger partial charge in [0.2, 0.25) is 0 Å². The van der Waals surface area contributed by atoms with Gasteiger partial charge in [0.15, 0.2) is 0 Å². The van der Waals surface area contributed by atoms with E-state index in [2.05, 4.69) is 15.5 Å². The van der Waals surface area contributed by atoms with Crippen LogP contribution in [0.3, 0.4) is 0 Å². The third kappa shape index (κ3) is 4.54. The minimum atomic E-state index is -0.518. The van der Waals surface area contributed by atoms with Crippen LogP contribution in [-0.4, -0.2) is 35.2 Å². The molecule has 1 amide bonds. The van der Waals surface area contributed by atoms with Gasteiger partial charge in [-0.15, -0.1) is 0 Å². The van der Waals surface area contributed by atoms with Gasteiger partial charge in [0, 0.05) is 11.6 Å². The number of rotatable bonds is 6. The van der Waals surface area contributed by atoms with Gasteiger partial charge < -0.3 is 5.73 Å². The van der Waals surface area contributed by atoms with Gasteiger partial charge in [0.25, 0.3) is 5.91 Å². The molecule has 3 N–H and O–H groups in total. The van der Waals surface area contributed by atoms with Crippen molar-refractivity contribution < 1.29 is 4.79 Å². The lowest BCUT2D eigenvalue weighted by molar-refractivity contribution is -0.122. The monoisotopic (exact) mass is 302 g/mol. The second-order valence-electron chi connectivity index (χ2n) is 4.58. The Labute approximate surface area is 128 Å². The smallest absolute Gasteiger partial charge is 0.256 e. The second kappa shape index (κ2) is 7.75. The molecule has 0 unspecified atom stereocenters. The Morgan fingerprint density at radius 1 is 1.52 bits per heavy atom. The molecule has 0 fully saturated rings. The molecule has 6 heteroatoms. The highest BCUT2D eigenvalue weighted by Gasteiger charge is 2.11. The molecule has 1 aromatic heterocycles. The molecule has 0 radical (unpaired) electrons. The average molecular weight is 302 g/mol. The Morgan fingerprint density at radius 3 is 3.19 bits per heavy atom. The molecule has 0 spiro atoms. The average Bonchev–Trinajstić information content (AvgIpc) is 2.52. The van der Waals surface area contributed by atoms with Crippen molar-refractivity contribution in [3.63, 3.8) is 0 Å². The zero-order valence-corrected chi connectivity index (χ0v) is 12.6. The van der Waals surface area contributed by atoms with Gasteiger partial charge in [-0.05, 0) is 42.2 Å². The molecule has 5 nitrogen and oxygen atoms in total. The number of nitrogens with two attached hydrogens (primary N) is 1. The quantitative estimate of drug-likeness (QED) is 0.629. The molecule has 0 aliphatic heterocycles. The number of hydrazone groups is 1. The molecule has 0 aliphatic rings. The van der Waals surface area contributed by atoms with Crippen LogP contribution in [0.1, 0.15) is 12.0 Å². The van der Waals surface area contributed by atoms with Gasteiger partial charge >= 0.3 is 0 Å². The lowest BCUT2D eigenvalue weighted by atomic mass is 10.1. The van der Waals surface area contributed by atoms with Crippen LogP contribution in [-0.2, 0) is 4.79 Å². The van der Waals surface area contributed by atoms with Gasteiger partial charge in [0.05, 0.1) is 17.8 Å². The molecule has 0 saturated carbocycles. The maximum atomic E-state index is 11.7. The molecule has 2 rings (SSSR count). The number of nitrogens with zero attached hydrogens (tertiary/aromatic N) is 2. The molecule has 21 heavy (non-hydrogen) atoms. The van der Waals surface area contributed by atoms with Crippen molar-refractivity contribution in [1.29, 1.82) is 0 Å². The number of hydrogen-bond donors (Lipinski definition) is 2. The fourth-order valence-electron chi connectivity index (χ4n) is 1.80. The summed E-state index contributed by atoms with van der Waals surface area (Å²) in [4.78, 5) is 15.9. The maximum Gasteiger partial charge on any atom is 0.256 e. The Balaban J connectivity index is 1.95. The van der Waals surface area contributed by atoms with Crippen LogP contribution in [0.2, 0.25) is 0 Å². The number of aromatic nitrogens is 1. The number of carbonyl (C=O) groups is 1. The highest BCUT2D eigenvalue weighted by atomic mass is 32.2. The fraction of sp³-hybridized carbons (Fsp3) is 0.267. The Bertz CT molecular complexity index is 644. The maximum absolute atomic E-state index is 11.7. The normalized spacial score (nSPS) is 12.7. The Kier molecular flexibility index (Phi) is 5.71. The summed E-state index contributed by atoms with van der Waals surface area (Å²) in [5.41, 5.74) is 10.0. The lowest BCUT2D eigenvalue weighted by Gasteiger charge is -2.08. The minimum absolute atomic E-state index is 0.261. The van der Waals surface area contributed by atoms with Crippen LogP contribution in [0.15, 0.2) is 41.6 Å². The summed E-state index contributed by atoms with van der Waals surface area (Å²) < 4.78 is 0. The van der Waals surface area contributed by atoms with Crippen molar-refractivity contribution in [2.24, 2.45) is 10.8 Å². The van der Waals surface area contributed by atoms with Gasteiger partial charge in [-0.3, -0.25) is 9.78 Å². The van der Waals surface area contributed by atoms with E-state index in [0.717, 1.165) is 22.2 Å². The number of hydrogen-bond acceptors (Lipinski definition) is 5.